The highest BCUT2D eigenvalue weighted by atomic mass is 35.5. The molecule has 1 aliphatic heterocycles. The molecule has 2 amide bonds. The van der Waals surface area contributed by atoms with E-state index in [4.69, 9.17) is 26.8 Å². The van der Waals surface area contributed by atoms with Crippen molar-refractivity contribution in [2.75, 3.05) is 32.0 Å². The Labute approximate surface area is 205 Å². The Morgan fingerprint density at radius 3 is 2.76 bits per heavy atom. The van der Waals surface area contributed by atoms with Crippen LogP contribution in [0.25, 0.3) is 10.4 Å². The molecule has 1 aromatic heterocycles. The molecule has 2 aromatic carbocycles. The molecule has 3 N–H and O–H groups in total. The fraction of sp³-hybridized carbons (Fsp3) is 0.292. The summed E-state index contributed by atoms with van der Waals surface area (Å²) in [4.78, 5) is 33.1. The number of rotatable bonds is 7. The number of nitrogens with zero attached hydrogens (tertiary/aromatic N) is 2. The highest BCUT2D eigenvalue weighted by molar-refractivity contribution is 7.19. The van der Waals surface area contributed by atoms with Gasteiger partial charge in [0, 0.05) is 24.2 Å². The number of halogens is 1. The number of nitrogens with one attached hydrogen (secondary N) is 1. The SMILES string of the molecule is Nc1nc(C(=O)N(CCNC(=O)c2cccc3c2OCCO3)C2CC2)c(-c2cccc(Cl)c2)s1. The number of ether oxygens (including phenoxy) is 2. The lowest BCUT2D eigenvalue weighted by Gasteiger charge is -2.23. The van der Waals surface area contributed by atoms with E-state index in [0.717, 1.165) is 18.4 Å². The van der Waals surface area contributed by atoms with Crippen molar-refractivity contribution in [1.82, 2.24) is 15.2 Å². The van der Waals surface area contributed by atoms with Crippen molar-refractivity contribution < 1.29 is 19.1 Å². The molecule has 1 saturated carbocycles. The lowest BCUT2D eigenvalue weighted by atomic mass is 10.1. The van der Waals surface area contributed by atoms with E-state index < -0.39 is 0 Å². The summed E-state index contributed by atoms with van der Waals surface area (Å²) in [5.41, 5.74) is 7.49. The molecule has 8 nitrogen and oxygen atoms in total. The first kappa shape index (κ1) is 22.5. The van der Waals surface area contributed by atoms with Crippen molar-refractivity contribution in [2.24, 2.45) is 0 Å². The van der Waals surface area contributed by atoms with E-state index in [-0.39, 0.29) is 24.4 Å². The fourth-order valence-electron chi connectivity index (χ4n) is 3.92. The lowest BCUT2D eigenvalue weighted by molar-refractivity contribution is 0.0731. The van der Waals surface area contributed by atoms with Crippen LogP contribution in [0.4, 0.5) is 5.13 Å². The van der Waals surface area contributed by atoms with E-state index in [1.807, 2.05) is 12.1 Å². The summed E-state index contributed by atoms with van der Waals surface area (Å²) >= 11 is 7.41. The average molecular weight is 499 g/mol. The number of anilines is 1. The van der Waals surface area contributed by atoms with Crippen molar-refractivity contribution in [2.45, 2.75) is 18.9 Å². The van der Waals surface area contributed by atoms with Gasteiger partial charge in [0.15, 0.2) is 16.6 Å². The highest BCUT2D eigenvalue weighted by Crippen LogP contribution is 2.36. The number of amides is 2. The van der Waals surface area contributed by atoms with E-state index >= 15 is 0 Å². The van der Waals surface area contributed by atoms with E-state index in [1.54, 1.807) is 35.2 Å². The van der Waals surface area contributed by atoms with Crippen LogP contribution in [0.3, 0.4) is 0 Å². The van der Waals surface area contributed by atoms with Gasteiger partial charge in [0.1, 0.15) is 18.9 Å². The molecule has 3 aromatic rings. The van der Waals surface area contributed by atoms with Gasteiger partial charge in [-0.2, -0.15) is 0 Å². The summed E-state index contributed by atoms with van der Waals surface area (Å²) < 4.78 is 11.2. The topological polar surface area (TPSA) is 107 Å². The number of benzene rings is 2. The third-order valence-corrected chi connectivity index (χ3v) is 6.80. The zero-order valence-electron chi connectivity index (χ0n) is 18.3. The number of para-hydroxylation sites is 1. The normalized spacial score (nSPS) is 14.5. The number of hydrogen-bond acceptors (Lipinski definition) is 7. The van der Waals surface area contributed by atoms with E-state index in [9.17, 15) is 9.59 Å². The quantitative estimate of drug-likeness (QED) is 0.512. The number of hydrogen-bond donors (Lipinski definition) is 2. The summed E-state index contributed by atoms with van der Waals surface area (Å²) in [6.07, 6.45) is 1.84. The van der Waals surface area contributed by atoms with Gasteiger partial charge in [0.25, 0.3) is 11.8 Å². The van der Waals surface area contributed by atoms with Crippen LogP contribution >= 0.6 is 22.9 Å². The minimum Gasteiger partial charge on any atom is -0.486 e. The molecule has 10 heteroatoms. The standard InChI is InChI=1S/C24H23ClN4O4S/c25-15-4-1-3-14(13-15)21-19(28-24(26)34-21)23(31)29(16-7-8-16)10-9-27-22(30)17-5-2-6-18-20(17)33-12-11-32-18/h1-6,13,16H,7-12H2,(H2,26,28)(H,27,30). The van der Waals surface area contributed by atoms with Crippen LogP contribution in [0.5, 0.6) is 11.5 Å². The molecule has 0 saturated heterocycles. The number of fused-ring (bicyclic) bond motifs is 1. The van der Waals surface area contributed by atoms with E-state index in [0.29, 0.717) is 57.5 Å². The zero-order valence-corrected chi connectivity index (χ0v) is 19.8. The molecule has 0 bridgehead atoms. The van der Waals surface area contributed by atoms with Crippen LogP contribution in [0.15, 0.2) is 42.5 Å². The second kappa shape index (κ2) is 9.52. The second-order valence-electron chi connectivity index (χ2n) is 8.06. The van der Waals surface area contributed by atoms with Crippen LogP contribution < -0.4 is 20.5 Å². The Balaban J connectivity index is 1.30. The van der Waals surface area contributed by atoms with Gasteiger partial charge in [0.2, 0.25) is 0 Å². The number of aromatic nitrogens is 1. The smallest absolute Gasteiger partial charge is 0.274 e. The van der Waals surface area contributed by atoms with Gasteiger partial charge in [-0.05, 0) is 42.7 Å². The van der Waals surface area contributed by atoms with Crippen LogP contribution in [0.2, 0.25) is 5.02 Å². The molecule has 176 valence electrons. The molecule has 34 heavy (non-hydrogen) atoms. The fourth-order valence-corrected chi connectivity index (χ4v) is 4.93. The maximum atomic E-state index is 13.5. The maximum Gasteiger partial charge on any atom is 0.274 e. The number of carbonyl (C=O) groups is 2. The molecular weight excluding hydrogens is 476 g/mol. The molecule has 1 fully saturated rings. The number of thiazole rings is 1. The van der Waals surface area contributed by atoms with Gasteiger partial charge in [-0.15, -0.1) is 0 Å². The minimum atomic E-state index is -0.275. The van der Waals surface area contributed by atoms with E-state index in [2.05, 4.69) is 10.3 Å². The van der Waals surface area contributed by atoms with Crippen LogP contribution in [0.1, 0.15) is 33.7 Å². The van der Waals surface area contributed by atoms with Gasteiger partial charge in [-0.3, -0.25) is 9.59 Å². The highest BCUT2D eigenvalue weighted by Gasteiger charge is 2.35. The summed E-state index contributed by atoms with van der Waals surface area (Å²) in [6, 6.07) is 12.6. The molecule has 0 spiro atoms. The molecule has 0 radical (unpaired) electrons. The van der Waals surface area contributed by atoms with E-state index in [1.165, 1.54) is 11.3 Å². The van der Waals surface area contributed by atoms with Crippen molar-refractivity contribution in [3.8, 4) is 21.9 Å². The van der Waals surface area contributed by atoms with Gasteiger partial charge in [-0.1, -0.05) is 41.1 Å². The Kier molecular flexibility index (Phi) is 6.30. The monoisotopic (exact) mass is 498 g/mol. The zero-order chi connectivity index (χ0) is 23.7. The number of nitrogens with two attached hydrogens (primary N) is 1. The number of carbonyl (C=O) groups excluding carboxylic acids is 2. The van der Waals surface area contributed by atoms with Crippen LogP contribution in [-0.2, 0) is 0 Å². The molecule has 0 atom stereocenters. The lowest BCUT2D eigenvalue weighted by Crippen LogP contribution is -2.40. The second-order valence-corrected chi connectivity index (χ2v) is 9.52. The Hall–Kier alpha value is -3.30. The van der Waals surface area contributed by atoms with Gasteiger partial charge < -0.3 is 25.4 Å². The predicted molar refractivity (Wildman–Crippen MR) is 131 cm³/mol. The first-order chi connectivity index (χ1) is 16.5. The Morgan fingerprint density at radius 1 is 1.18 bits per heavy atom. The van der Waals surface area contributed by atoms with Crippen molar-refractivity contribution in [1.29, 1.82) is 0 Å². The first-order valence-electron chi connectivity index (χ1n) is 11.0. The summed E-state index contributed by atoms with van der Waals surface area (Å²) in [5.74, 6) is 0.533. The van der Waals surface area contributed by atoms with Crippen LogP contribution in [0, 0.1) is 0 Å². The average Bonchev–Trinajstić information content (AvgIpc) is 3.61. The molecule has 0 unspecified atom stereocenters. The molecule has 1 aliphatic carbocycles. The summed E-state index contributed by atoms with van der Waals surface area (Å²) in [6.45, 7) is 1.49. The Bertz CT molecular complexity index is 1240. The largest absolute Gasteiger partial charge is 0.486 e. The first-order valence-corrected chi connectivity index (χ1v) is 12.2. The third kappa shape index (κ3) is 4.67. The predicted octanol–water partition coefficient (Wildman–Crippen LogP) is 3.85. The third-order valence-electron chi connectivity index (χ3n) is 5.63. The van der Waals surface area contributed by atoms with Crippen LogP contribution in [-0.4, -0.2) is 54.0 Å². The maximum absolute atomic E-state index is 13.5. The molecule has 2 heterocycles. The van der Waals surface area contributed by atoms with Gasteiger partial charge >= 0.3 is 0 Å². The Morgan fingerprint density at radius 2 is 1.97 bits per heavy atom. The van der Waals surface area contributed by atoms with Gasteiger partial charge in [-0.25, -0.2) is 4.98 Å². The molecule has 2 aliphatic rings. The summed E-state index contributed by atoms with van der Waals surface area (Å²) in [7, 11) is 0. The minimum absolute atomic E-state index is 0.126. The molecular formula is C24H23ClN4O4S. The van der Waals surface area contributed by atoms with Crippen molar-refractivity contribution in [3.05, 3.63) is 58.7 Å². The van der Waals surface area contributed by atoms with Gasteiger partial charge in [0.05, 0.1) is 10.4 Å². The molecule has 5 rings (SSSR count). The van der Waals surface area contributed by atoms with Crippen molar-refractivity contribution >= 4 is 39.9 Å². The summed E-state index contributed by atoms with van der Waals surface area (Å²) in [5, 5.41) is 3.79. The number of nitrogen functional groups attached to an aromatic ring is 1. The van der Waals surface area contributed by atoms with Crippen molar-refractivity contribution in [3.63, 3.8) is 0 Å².